The molecule has 0 aliphatic carbocycles. The van der Waals surface area contributed by atoms with Gasteiger partial charge in [-0.25, -0.2) is 17.2 Å². The van der Waals surface area contributed by atoms with Crippen molar-refractivity contribution < 1.29 is 21.9 Å². The lowest BCUT2D eigenvalue weighted by Gasteiger charge is -2.31. The highest BCUT2D eigenvalue weighted by Crippen LogP contribution is 2.39. The van der Waals surface area contributed by atoms with Crippen LogP contribution >= 0.6 is 0 Å². The molecule has 1 aliphatic rings. The van der Waals surface area contributed by atoms with Crippen molar-refractivity contribution in [2.45, 2.75) is 24.2 Å². The Morgan fingerprint density at radius 2 is 1.83 bits per heavy atom. The van der Waals surface area contributed by atoms with Gasteiger partial charge in [-0.05, 0) is 36.6 Å². The first kappa shape index (κ1) is 16.7. The van der Waals surface area contributed by atoms with Crippen LogP contribution in [0.2, 0.25) is 0 Å². The number of fused-ring (bicyclic) bond motifs is 1. The van der Waals surface area contributed by atoms with E-state index in [1.165, 1.54) is 23.5 Å². The molecule has 4 nitrogen and oxygen atoms in total. The van der Waals surface area contributed by atoms with Gasteiger partial charge in [-0.2, -0.15) is 0 Å². The highest BCUT2D eigenvalue weighted by Gasteiger charge is 2.31. The predicted octanol–water partition coefficient (Wildman–Crippen LogP) is 3.77. The zero-order valence-electron chi connectivity index (χ0n) is 13.1. The summed E-state index contributed by atoms with van der Waals surface area (Å²) in [6, 6.07) is 10.1. The molecule has 0 amide bonds. The molecule has 0 aromatic heterocycles. The van der Waals surface area contributed by atoms with E-state index in [1.54, 1.807) is 6.07 Å². The molecule has 2 aromatic rings. The van der Waals surface area contributed by atoms with E-state index in [2.05, 4.69) is 0 Å². The third kappa shape index (κ3) is 2.84. The Bertz CT molecular complexity index is 821. The quantitative estimate of drug-likeness (QED) is 0.840. The van der Waals surface area contributed by atoms with Crippen molar-refractivity contribution in [1.82, 2.24) is 0 Å². The number of nitrogens with zero attached hydrogens (tertiary/aromatic N) is 1. The number of rotatable bonds is 4. The number of sulfonamides is 1. The van der Waals surface area contributed by atoms with Gasteiger partial charge in [0.25, 0.3) is 16.4 Å². The zero-order chi connectivity index (χ0) is 17.3. The van der Waals surface area contributed by atoms with Gasteiger partial charge in [-0.15, -0.1) is 0 Å². The summed E-state index contributed by atoms with van der Waals surface area (Å²) in [5.74, 6) is 0.486. The maximum atomic E-state index is 13.0. The lowest BCUT2D eigenvalue weighted by molar-refractivity contribution is 0.151. The second-order valence-corrected chi connectivity index (χ2v) is 7.38. The van der Waals surface area contributed by atoms with Crippen LogP contribution in [0.3, 0.4) is 0 Å². The van der Waals surface area contributed by atoms with E-state index in [9.17, 15) is 17.2 Å². The topological polar surface area (TPSA) is 46.6 Å². The average Bonchev–Trinajstić information content (AvgIpc) is 2.60. The van der Waals surface area contributed by atoms with E-state index in [0.29, 0.717) is 24.4 Å². The predicted molar refractivity (Wildman–Crippen MR) is 87.2 cm³/mol. The lowest BCUT2D eigenvalue weighted by atomic mass is 10.0. The molecule has 3 rings (SSSR count). The first-order valence-corrected chi connectivity index (χ1v) is 8.96. The summed E-state index contributed by atoms with van der Waals surface area (Å²) in [7, 11) is -2.35. The SMILES string of the molecule is COc1cccc2c1N(S(=O)(=O)c1ccc(C(F)F)cc1)CCC2. The van der Waals surface area contributed by atoms with Crippen LogP contribution in [0, 0.1) is 0 Å². The molecule has 7 heteroatoms. The van der Waals surface area contributed by atoms with E-state index in [4.69, 9.17) is 4.74 Å². The molecule has 0 bridgehead atoms. The monoisotopic (exact) mass is 353 g/mol. The minimum atomic E-state index is -3.84. The summed E-state index contributed by atoms with van der Waals surface area (Å²) in [4.78, 5) is -0.00865. The third-order valence-electron chi connectivity index (χ3n) is 4.08. The van der Waals surface area contributed by atoms with Crippen LogP contribution in [0.5, 0.6) is 5.75 Å². The fourth-order valence-electron chi connectivity index (χ4n) is 2.90. The van der Waals surface area contributed by atoms with Crippen molar-refractivity contribution in [3.05, 3.63) is 53.6 Å². The van der Waals surface area contributed by atoms with Gasteiger partial charge in [0.15, 0.2) is 0 Å². The first-order valence-electron chi connectivity index (χ1n) is 7.52. The van der Waals surface area contributed by atoms with E-state index in [-0.39, 0.29) is 10.5 Å². The average molecular weight is 353 g/mol. The molecule has 0 spiro atoms. The number of para-hydroxylation sites is 1. The minimum Gasteiger partial charge on any atom is -0.495 e. The van der Waals surface area contributed by atoms with Crippen molar-refractivity contribution in [3.63, 3.8) is 0 Å². The van der Waals surface area contributed by atoms with Crippen LogP contribution in [0.25, 0.3) is 0 Å². The van der Waals surface area contributed by atoms with Gasteiger partial charge < -0.3 is 4.74 Å². The number of anilines is 1. The number of aryl methyl sites for hydroxylation is 1. The lowest BCUT2D eigenvalue weighted by Crippen LogP contribution is -2.35. The summed E-state index contributed by atoms with van der Waals surface area (Å²) in [6.45, 7) is 0.326. The Balaban J connectivity index is 2.06. The van der Waals surface area contributed by atoms with E-state index >= 15 is 0 Å². The summed E-state index contributed by atoms with van der Waals surface area (Å²) in [6.07, 6.45) is -1.17. The Morgan fingerprint density at radius 1 is 1.12 bits per heavy atom. The van der Waals surface area contributed by atoms with Gasteiger partial charge in [0, 0.05) is 12.1 Å². The Labute approximate surface area is 139 Å². The van der Waals surface area contributed by atoms with Crippen LogP contribution < -0.4 is 9.04 Å². The van der Waals surface area contributed by atoms with Gasteiger partial charge in [-0.3, -0.25) is 4.31 Å². The maximum absolute atomic E-state index is 13.0. The Hall–Kier alpha value is -2.15. The number of alkyl halides is 2. The number of halogens is 2. The van der Waals surface area contributed by atoms with Gasteiger partial charge in [0.2, 0.25) is 0 Å². The van der Waals surface area contributed by atoms with Gasteiger partial charge >= 0.3 is 0 Å². The molecule has 0 unspecified atom stereocenters. The number of ether oxygens (including phenoxy) is 1. The molecule has 1 heterocycles. The maximum Gasteiger partial charge on any atom is 0.264 e. The molecular weight excluding hydrogens is 336 g/mol. The van der Waals surface area contributed by atoms with Crippen molar-refractivity contribution in [2.75, 3.05) is 18.0 Å². The molecule has 0 atom stereocenters. The minimum absolute atomic E-state index is 0.00865. The number of methoxy groups -OCH3 is 1. The Morgan fingerprint density at radius 3 is 2.46 bits per heavy atom. The smallest absolute Gasteiger partial charge is 0.264 e. The molecule has 0 N–H and O–H groups in total. The van der Waals surface area contributed by atoms with Gasteiger partial charge in [-0.1, -0.05) is 24.3 Å². The summed E-state index contributed by atoms with van der Waals surface area (Å²) in [5.41, 5.74) is 1.23. The first-order chi connectivity index (χ1) is 11.4. The van der Waals surface area contributed by atoms with Gasteiger partial charge in [0.1, 0.15) is 5.75 Å². The third-order valence-corrected chi connectivity index (χ3v) is 5.89. The van der Waals surface area contributed by atoms with E-state index in [0.717, 1.165) is 24.1 Å². The fraction of sp³-hybridized carbons (Fsp3) is 0.294. The van der Waals surface area contributed by atoms with Crippen LogP contribution in [0.1, 0.15) is 24.0 Å². The normalized spacial score (nSPS) is 14.6. The molecule has 128 valence electrons. The molecule has 0 radical (unpaired) electrons. The standard InChI is InChI=1S/C17H17F2NO3S/c1-23-15-6-2-4-12-5-3-11-20(16(12)15)24(21,22)14-9-7-13(8-10-14)17(18)19/h2,4,6-10,17H,3,5,11H2,1H3. The fourth-order valence-corrected chi connectivity index (χ4v) is 4.45. The number of hydrogen-bond acceptors (Lipinski definition) is 3. The van der Waals surface area contributed by atoms with Crippen molar-refractivity contribution >= 4 is 15.7 Å². The molecule has 1 aliphatic heterocycles. The molecule has 0 saturated heterocycles. The second kappa shape index (κ2) is 6.39. The van der Waals surface area contributed by atoms with Crippen LogP contribution in [-0.4, -0.2) is 22.1 Å². The Kier molecular flexibility index (Phi) is 4.45. The second-order valence-electron chi connectivity index (χ2n) is 5.52. The van der Waals surface area contributed by atoms with E-state index in [1.807, 2.05) is 12.1 Å². The molecule has 0 saturated carbocycles. The summed E-state index contributed by atoms with van der Waals surface area (Å²) in [5, 5.41) is 0. The molecule has 0 fully saturated rings. The molecule has 24 heavy (non-hydrogen) atoms. The summed E-state index contributed by atoms with van der Waals surface area (Å²) < 4.78 is 57.9. The van der Waals surface area contributed by atoms with Crippen LogP contribution in [0.15, 0.2) is 47.4 Å². The van der Waals surface area contributed by atoms with Crippen LogP contribution in [0.4, 0.5) is 14.5 Å². The van der Waals surface area contributed by atoms with Gasteiger partial charge in [0.05, 0.1) is 17.7 Å². The highest BCUT2D eigenvalue weighted by molar-refractivity contribution is 7.92. The number of benzene rings is 2. The zero-order valence-corrected chi connectivity index (χ0v) is 13.9. The molecular formula is C17H17F2NO3S. The van der Waals surface area contributed by atoms with Crippen molar-refractivity contribution in [1.29, 1.82) is 0 Å². The van der Waals surface area contributed by atoms with Crippen LogP contribution in [-0.2, 0) is 16.4 Å². The largest absolute Gasteiger partial charge is 0.495 e. The molecule has 2 aromatic carbocycles. The van der Waals surface area contributed by atoms with Crippen molar-refractivity contribution in [2.24, 2.45) is 0 Å². The van der Waals surface area contributed by atoms with Crippen molar-refractivity contribution in [3.8, 4) is 5.75 Å². The summed E-state index contributed by atoms with van der Waals surface area (Å²) >= 11 is 0. The van der Waals surface area contributed by atoms with E-state index < -0.39 is 16.4 Å². The highest BCUT2D eigenvalue weighted by atomic mass is 32.2. The number of hydrogen-bond donors (Lipinski definition) is 0.